The third kappa shape index (κ3) is 3.99. The highest BCUT2D eigenvalue weighted by molar-refractivity contribution is 9.10. The van der Waals surface area contributed by atoms with Gasteiger partial charge in [-0.25, -0.2) is 4.98 Å². The highest BCUT2D eigenvalue weighted by Crippen LogP contribution is 2.20. The van der Waals surface area contributed by atoms with Gasteiger partial charge in [-0.1, -0.05) is 22.0 Å². The molecule has 2 aromatic carbocycles. The van der Waals surface area contributed by atoms with Crippen LogP contribution in [0.2, 0.25) is 0 Å². The highest BCUT2D eigenvalue weighted by Gasteiger charge is 2.23. The van der Waals surface area contributed by atoms with Crippen molar-refractivity contribution in [2.24, 2.45) is 0 Å². The van der Waals surface area contributed by atoms with E-state index in [9.17, 15) is 4.79 Å². The Labute approximate surface area is 166 Å². The molecule has 0 spiro atoms. The third-order valence-corrected chi connectivity index (χ3v) is 5.34. The van der Waals surface area contributed by atoms with Crippen LogP contribution in [0.4, 0.5) is 0 Å². The van der Waals surface area contributed by atoms with Crippen LogP contribution in [0.3, 0.4) is 0 Å². The number of aromatic nitrogens is 2. The van der Waals surface area contributed by atoms with E-state index in [0.717, 1.165) is 65.4 Å². The van der Waals surface area contributed by atoms with E-state index in [1.54, 1.807) is 7.11 Å². The Kier molecular flexibility index (Phi) is 5.13. The van der Waals surface area contributed by atoms with E-state index in [4.69, 9.17) is 4.74 Å². The number of hydrogen-bond donors (Lipinski definition) is 1. The molecule has 0 bridgehead atoms. The molecule has 1 fully saturated rings. The first-order valence-electron chi connectivity index (χ1n) is 8.92. The molecule has 0 aliphatic carbocycles. The normalized spacial score (nSPS) is 15.3. The van der Waals surface area contributed by atoms with Crippen molar-refractivity contribution in [3.05, 3.63) is 58.3 Å². The van der Waals surface area contributed by atoms with Gasteiger partial charge >= 0.3 is 0 Å². The average Bonchev–Trinajstić information content (AvgIpc) is 3.09. The standard InChI is InChI=1S/C20H21BrN4O2/c1-27-16-5-6-17-18(12-16)23-19(22-17)13-24-7-9-25(10-8-24)20(26)14-3-2-4-15(21)11-14/h2-6,11-12H,7-10,13H2,1H3,(H,22,23). The number of hydrogen-bond acceptors (Lipinski definition) is 4. The molecule has 4 rings (SSSR count). The molecular weight excluding hydrogens is 408 g/mol. The van der Waals surface area contributed by atoms with Gasteiger partial charge in [0, 0.05) is 42.3 Å². The van der Waals surface area contributed by atoms with Crippen molar-refractivity contribution in [1.29, 1.82) is 0 Å². The first-order valence-corrected chi connectivity index (χ1v) is 9.71. The zero-order valence-corrected chi connectivity index (χ0v) is 16.7. The molecule has 1 amide bonds. The van der Waals surface area contributed by atoms with Gasteiger partial charge in [0.25, 0.3) is 5.91 Å². The van der Waals surface area contributed by atoms with E-state index in [1.807, 2.05) is 47.4 Å². The van der Waals surface area contributed by atoms with E-state index in [2.05, 4.69) is 30.8 Å². The fourth-order valence-corrected chi connectivity index (χ4v) is 3.77. The van der Waals surface area contributed by atoms with Crippen molar-refractivity contribution in [1.82, 2.24) is 19.8 Å². The number of aromatic amines is 1. The fraction of sp³-hybridized carbons (Fsp3) is 0.300. The van der Waals surface area contributed by atoms with Gasteiger partial charge in [-0.05, 0) is 30.3 Å². The Hall–Kier alpha value is -2.38. The van der Waals surface area contributed by atoms with E-state index < -0.39 is 0 Å². The molecule has 0 atom stereocenters. The lowest BCUT2D eigenvalue weighted by atomic mass is 10.2. The number of ether oxygens (including phenoxy) is 1. The minimum atomic E-state index is 0.0896. The summed E-state index contributed by atoms with van der Waals surface area (Å²) in [6, 6.07) is 13.4. The van der Waals surface area contributed by atoms with Gasteiger partial charge in [0.1, 0.15) is 11.6 Å². The van der Waals surface area contributed by atoms with Crippen LogP contribution in [0, 0.1) is 0 Å². The molecule has 1 aliphatic rings. The molecule has 0 radical (unpaired) electrons. The second-order valence-corrected chi connectivity index (χ2v) is 7.56. The van der Waals surface area contributed by atoms with Crippen molar-refractivity contribution in [3.8, 4) is 5.75 Å². The molecule has 1 N–H and O–H groups in total. The lowest BCUT2D eigenvalue weighted by Gasteiger charge is -2.34. The van der Waals surface area contributed by atoms with Crippen LogP contribution in [0.1, 0.15) is 16.2 Å². The fourth-order valence-electron chi connectivity index (χ4n) is 3.37. The summed E-state index contributed by atoms with van der Waals surface area (Å²) in [7, 11) is 1.66. The summed E-state index contributed by atoms with van der Waals surface area (Å²) in [6.07, 6.45) is 0. The molecule has 140 valence electrons. The molecule has 7 heteroatoms. The monoisotopic (exact) mass is 428 g/mol. The summed E-state index contributed by atoms with van der Waals surface area (Å²) in [5, 5.41) is 0. The van der Waals surface area contributed by atoms with Crippen LogP contribution in [0.25, 0.3) is 11.0 Å². The van der Waals surface area contributed by atoms with Crippen molar-refractivity contribution in [3.63, 3.8) is 0 Å². The van der Waals surface area contributed by atoms with Crippen LogP contribution >= 0.6 is 15.9 Å². The van der Waals surface area contributed by atoms with Gasteiger partial charge in [0.2, 0.25) is 0 Å². The molecule has 2 heterocycles. The number of H-pyrrole nitrogens is 1. The number of rotatable bonds is 4. The largest absolute Gasteiger partial charge is 0.497 e. The SMILES string of the molecule is COc1ccc2nc(CN3CCN(C(=O)c4cccc(Br)c4)CC3)[nH]c2c1. The Morgan fingerprint density at radius 3 is 2.74 bits per heavy atom. The summed E-state index contributed by atoms with van der Waals surface area (Å²) in [6.45, 7) is 3.86. The topological polar surface area (TPSA) is 61.5 Å². The molecule has 1 aromatic heterocycles. The number of amides is 1. The molecule has 3 aromatic rings. The molecular formula is C20H21BrN4O2. The van der Waals surface area contributed by atoms with Crippen molar-refractivity contribution >= 4 is 32.9 Å². The summed E-state index contributed by atoms with van der Waals surface area (Å²) in [5.41, 5.74) is 2.64. The van der Waals surface area contributed by atoms with Crippen molar-refractivity contribution in [2.45, 2.75) is 6.54 Å². The average molecular weight is 429 g/mol. The second kappa shape index (κ2) is 7.70. The molecule has 1 aliphatic heterocycles. The van der Waals surface area contributed by atoms with Crippen LogP contribution in [0.15, 0.2) is 46.9 Å². The molecule has 6 nitrogen and oxygen atoms in total. The lowest BCUT2D eigenvalue weighted by Crippen LogP contribution is -2.48. The second-order valence-electron chi connectivity index (χ2n) is 6.65. The van der Waals surface area contributed by atoms with Crippen LogP contribution < -0.4 is 4.74 Å². The smallest absolute Gasteiger partial charge is 0.253 e. The number of imidazole rings is 1. The predicted molar refractivity (Wildman–Crippen MR) is 108 cm³/mol. The quantitative estimate of drug-likeness (QED) is 0.692. The first-order chi connectivity index (χ1) is 13.1. The number of halogens is 1. The van der Waals surface area contributed by atoms with Gasteiger partial charge in [-0.2, -0.15) is 0 Å². The molecule has 27 heavy (non-hydrogen) atoms. The van der Waals surface area contributed by atoms with Gasteiger partial charge in [-0.3, -0.25) is 9.69 Å². The Morgan fingerprint density at radius 1 is 1.19 bits per heavy atom. The lowest BCUT2D eigenvalue weighted by molar-refractivity contribution is 0.0626. The zero-order valence-electron chi connectivity index (χ0n) is 15.1. The van der Waals surface area contributed by atoms with E-state index in [0.29, 0.717) is 0 Å². The Balaban J connectivity index is 1.37. The minimum Gasteiger partial charge on any atom is -0.497 e. The first kappa shape index (κ1) is 18.0. The van der Waals surface area contributed by atoms with Gasteiger partial charge in [0.15, 0.2) is 0 Å². The number of piperazine rings is 1. The number of benzene rings is 2. The van der Waals surface area contributed by atoms with Crippen LogP contribution in [0.5, 0.6) is 5.75 Å². The number of fused-ring (bicyclic) bond motifs is 1. The molecule has 0 saturated carbocycles. The number of carbonyl (C=O) groups is 1. The van der Waals surface area contributed by atoms with Crippen molar-refractivity contribution in [2.75, 3.05) is 33.3 Å². The summed E-state index contributed by atoms with van der Waals surface area (Å²) in [5.74, 6) is 1.84. The van der Waals surface area contributed by atoms with E-state index >= 15 is 0 Å². The predicted octanol–water partition coefficient (Wildman–Crippen LogP) is 3.29. The van der Waals surface area contributed by atoms with Gasteiger partial charge in [0.05, 0.1) is 24.7 Å². The van der Waals surface area contributed by atoms with E-state index in [1.165, 1.54) is 0 Å². The number of nitrogens with one attached hydrogen (secondary N) is 1. The summed E-state index contributed by atoms with van der Waals surface area (Å²) >= 11 is 3.43. The van der Waals surface area contributed by atoms with Gasteiger partial charge < -0.3 is 14.6 Å². The number of carbonyl (C=O) groups excluding carboxylic acids is 1. The Morgan fingerprint density at radius 2 is 2.00 bits per heavy atom. The maximum absolute atomic E-state index is 12.7. The molecule has 1 saturated heterocycles. The number of methoxy groups -OCH3 is 1. The zero-order chi connectivity index (χ0) is 18.8. The molecule has 0 unspecified atom stereocenters. The minimum absolute atomic E-state index is 0.0896. The van der Waals surface area contributed by atoms with Crippen molar-refractivity contribution < 1.29 is 9.53 Å². The maximum atomic E-state index is 12.7. The summed E-state index contributed by atoms with van der Waals surface area (Å²) in [4.78, 5) is 24.9. The van der Waals surface area contributed by atoms with Crippen LogP contribution in [-0.2, 0) is 6.54 Å². The van der Waals surface area contributed by atoms with Gasteiger partial charge in [-0.15, -0.1) is 0 Å². The third-order valence-electron chi connectivity index (χ3n) is 4.84. The highest BCUT2D eigenvalue weighted by atomic mass is 79.9. The summed E-state index contributed by atoms with van der Waals surface area (Å²) < 4.78 is 6.19. The number of nitrogens with zero attached hydrogens (tertiary/aromatic N) is 3. The Bertz CT molecular complexity index is 964. The maximum Gasteiger partial charge on any atom is 0.253 e. The van der Waals surface area contributed by atoms with E-state index in [-0.39, 0.29) is 5.91 Å². The van der Waals surface area contributed by atoms with Crippen LogP contribution in [-0.4, -0.2) is 59.0 Å².